The summed E-state index contributed by atoms with van der Waals surface area (Å²) in [6, 6.07) is 21.1. The number of hydrogen-bond acceptors (Lipinski definition) is 3. The van der Waals surface area contributed by atoms with Gasteiger partial charge in [-0.3, -0.25) is 5.43 Å². The topological polar surface area (TPSA) is 44.6 Å². The molecule has 0 saturated heterocycles. The van der Waals surface area contributed by atoms with Crippen LogP contribution >= 0.6 is 0 Å². The third-order valence-electron chi connectivity index (χ3n) is 7.47. The Bertz CT molecular complexity index is 834. The largest absolute Gasteiger partial charge is 0.389 e. The van der Waals surface area contributed by atoms with E-state index in [1.54, 1.807) is 0 Å². The van der Waals surface area contributed by atoms with Crippen molar-refractivity contribution in [2.75, 3.05) is 5.43 Å². The summed E-state index contributed by atoms with van der Waals surface area (Å²) in [6.07, 6.45) is 7.88. The predicted molar refractivity (Wildman–Crippen MR) is 114 cm³/mol. The zero-order valence-corrected chi connectivity index (χ0v) is 16.4. The summed E-state index contributed by atoms with van der Waals surface area (Å²) in [5.74, 6) is 1.36. The lowest BCUT2D eigenvalue weighted by Gasteiger charge is -2.57. The van der Waals surface area contributed by atoms with E-state index < -0.39 is 5.60 Å². The van der Waals surface area contributed by atoms with Gasteiger partial charge in [-0.2, -0.15) is 5.10 Å². The minimum atomic E-state index is -0.604. The fraction of sp³-hybridized carbons (Fsp3) is 0.480. The summed E-state index contributed by atoms with van der Waals surface area (Å²) in [6.45, 7) is 0. The SMILES string of the molecule is O[C@]12CCCC[C@@H]1[C@@H](c1ccccc1)[C@@H]1CCC[C@H]2/C1=N\Nc1ccccc1. The molecule has 0 heterocycles. The van der Waals surface area contributed by atoms with Crippen molar-refractivity contribution in [3.8, 4) is 0 Å². The van der Waals surface area contributed by atoms with Crippen molar-refractivity contribution in [1.82, 2.24) is 0 Å². The van der Waals surface area contributed by atoms with Crippen LogP contribution in [0.5, 0.6) is 0 Å². The molecule has 0 radical (unpaired) electrons. The van der Waals surface area contributed by atoms with E-state index in [0.717, 1.165) is 31.4 Å². The average molecular weight is 375 g/mol. The molecule has 2 N–H and O–H groups in total. The van der Waals surface area contributed by atoms with E-state index in [0.29, 0.717) is 17.8 Å². The molecular weight excluding hydrogens is 344 g/mol. The molecule has 3 aliphatic rings. The fourth-order valence-electron chi connectivity index (χ4n) is 6.32. The quantitative estimate of drug-likeness (QED) is 0.688. The second-order valence-electron chi connectivity index (χ2n) is 8.88. The number of hydrogen-bond donors (Lipinski definition) is 2. The van der Waals surface area contributed by atoms with E-state index in [-0.39, 0.29) is 5.92 Å². The van der Waals surface area contributed by atoms with Crippen LogP contribution in [0, 0.1) is 17.8 Å². The standard InChI is InChI=1S/C25H30N2O/c28-25-17-8-7-15-21(25)23(18-10-3-1-4-11-18)20-14-9-16-22(25)24(20)27-26-19-12-5-2-6-13-19/h1-6,10-13,20-23,26,28H,7-9,14-17H2/b27-24-/t20-,21+,22-,23-,25+/m0/s1. The molecule has 5 rings (SSSR count). The third-order valence-corrected chi connectivity index (χ3v) is 7.47. The molecule has 3 nitrogen and oxygen atoms in total. The van der Waals surface area contributed by atoms with E-state index in [2.05, 4.69) is 47.9 Å². The summed E-state index contributed by atoms with van der Waals surface area (Å²) in [4.78, 5) is 0. The minimum Gasteiger partial charge on any atom is -0.389 e. The van der Waals surface area contributed by atoms with Crippen LogP contribution in [-0.2, 0) is 0 Å². The van der Waals surface area contributed by atoms with Gasteiger partial charge in [-0.15, -0.1) is 0 Å². The van der Waals surface area contributed by atoms with Gasteiger partial charge in [-0.1, -0.05) is 67.8 Å². The van der Waals surface area contributed by atoms with Crippen molar-refractivity contribution in [3.63, 3.8) is 0 Å². The summed E-state index contributed by atoms with van der Waals surface area (Å²) >= 11 is 0. The summed E-state index contributed by atoms with van der Waals surface area (Å²) in [7, 11) is 0. The van der Waals surface area contributed by atoms with E-state index in [4.69, 9.17) is 5.10 Å². The molecule has 146 valence electrons. The number of benzene rings is 2. The van der Waals surface area contributed by atoms with Crippen LogP contribution in [0.15, 0.2) is 65.8 Å². The van der Waals surface area contributed by atoms with Gasteiger partial charge in [0.2, 0.25) is 0 Å². The Morgan fingerprint density at radius 3 is 2.39 bits per heavy atom. The zero-order valence-electron chi connectivity index (χ0n) is 16.4. The van der Waals surface area contributed by atoms with Crippen molar-refractivity contribution in [1.29, 1.82) is 0 Å². The first kappa shape index (κ1) is 17.9. The lowest BCUT2D eigenvalue weighted by Crippen LogP contribution is -2.60. The molecule has 0 spiro atoms. The Morgan fingerprint density at radius 2 is 1.61 bits per heavy atom. The first-order chi connectivity index (χ1) is 13.8. The summed E-state index contributed by atoms with van der Waals surface area (Å²) < 4.78 is 0. The zero-order chi connectivity index (χ0) is 19.0. The van der Waals surface area contributed by atoms with Gasteiger partial charge in [0.15, 0.2) is 0 Å². The van der Waals surface area contributed by atoms with E-state index in [9.17, 15) is 5.11 Å². The lowest BCUT2D eigenvalue weighted by atomic mass is 9.49. The van der Waals surface area contributed by atoms with Gasteiger partial charge >= 0.3 is 0 Å². The molecule has 0 aromatic heterocycles. The molecular formula is C25H30N2O. The number of para-hydroxylation sites is 1. The van der Waals surface area contributed by atoms with Crippen molar-refractivity contribution in [3.05, 3.63) is 66.2 Å². The van der Waals surface area contributed by atoms with Crippen molar-refractivity contribution in [2.24, 2.45) is 22.9 Å². The Labute approximate surface area is 167 Å². The summed E-state index contributed by atoms with van der Waals surface area (Å²) in [5, 5.41) is 16.9. The molecule has 5 atom stereocenters. The molecule has 3 aliphatic carbocycles. The number of nitrogens with one attached hydrogen (secondary N) is 1. The molecule has 0 aliphatic heterocycles. The lowest BCUT2D eigenvalue weighted by molar-refractivity contribution is -0.110. The van der Waals surface area contributed by atoms with Gasteiger partial charge in [0.1, 0.15) is 0 Å². The molecule has 3 saturated carbocycles. The molecule has 3 fully saturated rings. The van der Waals surface area contributed by atoms with Crippen LogP contribution in [-0.4, -0.2) is 16.4 Å². The molecule has 2 aromatic carbocycles. The van der Waals surface area contributed by atoms with Crippen molar-refractivity contribution in [2.45, 2.75) is 56.5 Å². The van der Waals surface area contributed by atoms with Crippen LogP contribution in [0.25, 0.3) is 0 Å². The van der Waals surface area contributed by atoms with Crippen molar-refractivity contribution < 1.29 is 5.11 Å². The van der Waals surface area contributed by atoms with E-state index >= 15 is 0 Å². The fourth-order valence-corrected chi connectivity index (χ4v) is 6.32. The average Bonchev–Trinajstić information content (AvgIpc) is 2.75. The van der Waals surface area contributed by atoms with Crippen molar-refractivity contribution >= 4 is 11.4 Å². The molecule has 28 heavy (non-hydrogen) atoms. The molecule has 3 heteroatoms. The van der Waals surface area contributed by atoms with Gasteiger partial charge in [0.25, 0.3) is 0 Å². The van der Waals surface area contributed by atoms with Crippen LogP contribution < -0.4 is 5.43 Å². The van der Waals surface area contributed by atoms with Gasteiger partial charge < -0.3 is 5.11 Å². The highest BCUT2D eigenvalue weighted by molar-refractivity contribution is 5.93. The molecule has 2 bridgehead atoms. The Kier molecular flexibility index (Phi) is 4.72. The maximum Gasteiger partial charge on any atom is 0.0762 e. The molecule has 0 unspecified atom stereocenters. The maximum absolute atomic E-state index is 12.0. The highest BCUT2D eigenvalue weighted by atomic mass is 16.3. The molecule has 0 amide bonds. The van der Waals surface area contributed by atoms with Crippen LogP contribution in [0.4, 0.5) is 5.69 Å². The van der Waals surface area contributed by atoms with Crippen LogP contribution in [0.2, 0.25) is 0 Å². The predicted octanol–water partition coefficient (Wildman–Crippen LogP) is 5.59. The third kappa shape index (κ3) is 2.97. The van der Waals surface area contributed by atoms with Crippen LogP contribution in [0.1, 0.15) is 56.4 Å². The first-order valence-electron chi connectivity index (χ1n) is 10.9. The minimum absolute atomic E-state index is 0.202. The maximum atomic E-state index is 12.0. The second kappa shape index (κ2) is 7.36. The second-order valence-corrected chi connectivity index (χ2v) is 8.88. The number of rotatable bonds is 3. The Hall–Kier alpha value is -2.13. The van der Waals surface area contributed by atoms with E-state index in [1.807, 2.05) is 18.2 Å². The van der Waals surface area contributed by atoms with Gasteiger partial charge in [-0.25, -0.2) is 0 Å². The molecule has 2 aromatic rings. The number of anilines is 1. The smallest absolute Gasteiger partial charge is 0.0762 e. The highest BCUT2D eigenvalue weighted by Gasteiger charge is 2.58. The van der Waals surface area contributed by atoms with E-state index in [1.165, 1.54) is 30.5 Å². The summed E-state index contributed by atoms with van der Waals surface area (Å²) in [5.41, 5.74) is 6.31. The van der Waals surface area contributed by atoms with Gasteiger partial charge in [0.05, 0.1) is 11.3 Å². The Morgan fingerprint density at radius 1 is 0.857 bits per heavy atom. The first-order valence-corrected chi connectivity index (χ1v) is 10.9. The number of fused-ring (bicyclic) bond motifs is 4. The number of hydrazone groups is 1. The monoisotopic (exact) mass is 374 g/mol. The van der Waals surface area contributed by atoms with Crippen LogP contribution in [0.3, 0.4) is 0 Å². The highest BCUT2D eigenvalue weighted by Crippen LogP contribution is 2.58. The van der Waals surface area contributed by atoms with Gasteiger partial charge in [-0.05, 0) is 55.2 Å². The number of aliphatic hydroxyl groups is 1. The number of nitrogens with zero attached hydrogens (tertiary/aromatic N) is 1. The Balaban J connectivity index is 1.57. The normalized spacial score (nSPS) is 36.0. The van der Waals surface area contributed by atoms with Gasteiger partial charge in [0, 0.05) is 17.5 Å².